The maximum absolute atomic E-state index is 12.6. The predicted molar refractivity (Wildman–Crippen MR) is 109 cm³/mol. The van der Waals surface area contributed by atoms with Crippen molar-refractivity contribution in [1.29, 1.82) is 0 Å². The number of hydrogen-bond donors (Lipinski definition) is 0. The van der Waals surface area contributed by atoms with Crippen LogP contribution in [0.3, 0.4) is 0 Å². The number of aromatic nitrogens is 1. The largest absolute Gasteiger partial charge is 0.319 e. The average molecular weight is 423 g/mol. The number of benzene rings is 2. The van der Waals surface area contributed by atoms with E-state index in [-0.39, 0.29) is 4.90 Å². The summed E-state index contributed by atoms with van der Waals surface area (Å²) in [6, 6.07) is 9.64. The Balaban J connectivity index is 2.03. The molecule has 1 aromatic heterocycles. The molecule has 0 fully saturated rings. The lowest BCUT2D eigenvalue weighted by molar-refractivity contribution is 0.0998. The van der Waals surface area contributed by atoms with Gasteiger partial charge in [-0.2, -0.15) is 4.99 Å². The van der Waals surface area contributed by atoms with Crippen molar-refractivity contribution in [3.63, 3.8) is 0 Å². The van der Waals surface area contributed by atoms with Crippen LogP contribution < -0.4 is 4.80 Å². The number of amides is 1. The molecular weight excluding hydrogens is 404 g/mol. The molecule has 0 unspecified atom stereocenters. The summed E-state index contributed by atoms with van der Waals surface area (Å²) < 4.78 is 27.1. The minimum Gasteiger partial charge on any atom is -0.319 e. The molecule has 0 atom stereocenters. The van der Waals surface area contributed by atoms with Gasteiger partial charge in [-0.15, -0.1) is 0 Å². The third-order valence-electron chi connectivity index (χ3n) is 4.35. The van der Waals surface area contributed by atoms with Gasteiger partial charge < -0.3 is 4.57 Å². The number of thiazole rings is 1. The number of carbonyl (C=O) groups is 1. The molecule has 142 valence electrons. The summed E-state index contributed by atoms with van der Waals surface area (Å²) in [7, 11) is -1.53. The van der Waals surface area contributed by atoms with E-state index in [2.05, 4.69) is 4.99 Å². The van der Waals surface area contributed by atoms with Crippen LogP contribution in [0.15, 0.2) is 46.3 Å². The van der Waals surface area contributed by atoms with E-state index in [1.807, 2.05) is 30.7 Å². The molecule has 1 amide bonds. The molecule has 0 aliphatic carbocycles. The molecule has 0 spiro atoms. The minimum atomic E-state index is -3.37. The highest BCUT2D eigenvalue weighted by Gasteiger charge is 2.19. The van der Waals surface area contributed by atoms with Crippen LogP contribution in [0.5, 0.6) is 0 Å². The summed E-state index contributed by atoms with van der Waals surface area (Å²) >= 11 is 7.61. The van der Waals surface area contributed by atoms with Crippen LogP contribution in [0.2, 0.25) is 5.02 Å². The van der Waals surface area contributed by atoms with Crippen molar-refractivity contribution in [2.75, 3.05) is 0 Å². The summed E-state index contributed by atoms with van der Waals surface area (Å²) in [4.78, 5) is 17.5. The maximum atomic E-state index is 12.6. The highest BCUT2D eigenvalue weighted by molar-refractivity contribution is 7.92. The Kier molecular flexibility index (Phi) is 5.29. The zero-order valence-corrected chi connectivity index (χ0v) is 17.7. The molecule has 27 heavy (non-hydrogen) atoms. The molecule has 3 rings (SSSR count). The van der Waals surface area contributed by atoms with Gasteiger partial charge in [-0.25, -0.2) is 8.42 Å². The summed E-state index contributed by atoms with van der Waals surface area (Å²) in [5.74, 6) is -0.431. The van der Waals surface area contributed by atoms with Gasteiger partial charge in [-0.05, 0) is 56.7 Å². The average Bonchev–Trinajstić information content (AvgIpc) is 2.96. The normalized spacial score (nSPS) is 12.9. The molecule has 5 nitrogen and oxygen atoms in total. The Bertz CT molecular complexity index is 1200. The lowest BCUT2D eigenvalue weighted by atomic mass is 10.2. The Hall–Kier alpha value is -1.96. The van der Waals surface area contributed by atoms with Gasteiger partial charge in [-0.1, -0.05) is 29.0 Å². The quantitative estimate of drug-likeness (QED) is 0.637. The topological polar surface area (TPSA) is 68.5 Å². The number of nitrogens with zero attached hydrogens (tertiary/aromatic N) is 2. The Labute approximate surface area is 166 Å². The molecule has 1 heterocycles. The van der Waals surface area contributed by atoms with Crippen LogP contribution in [0, 0.1) is 6.92 Å². The van der Waals surface area contributed by atoms with Gasteiger partial charge in [0, 0.05) is 12.6 Å². The van der Waals surface area contributed by atoms with Crippen LogP contribution in [-0.4, -0.2) is 24.1 Å². The second-order valence-corrected chi connectivity index (χ2v) is 10.4. The van der Waals surface area contributed by atoms with Crippen molar-refractivity contribution in [2.24, 2.45) is 12.0 Å². The van der Waals surface area contributed by atoms with Crippen LogP contribution in [-0.2, 0) is 16.9 Å². The highest BCUT2D eigenvalue weighted by Crippen LogP contribution is 2.28. The van der Waals surface area contributed by atoms with Gasteiger partial charge in [0.05, 0.1) is 25.4 Å². The first-order valence-corrected chi connectivity index (χ1v) is 11.0. The van der Waals surface area contributed by atoms with Gasteiger partial charge in [0.15, 0.2) is 14.6 Å². The molecule has 2 aromatic carbocycles. The van der Waals surface area contributed by atoms with Crippen molar-refractivity contribution in [1.82, 2.24) is 4.57 Å². The molecule has 0 saturated carbocycles. The molecule has 0 saturated heterocycles. The monoisotopic (exact) mass is 422 g/mol. The molecule has 0 aliphatic heterocycles. The number of rotatable bonds is 3. The molecule has 0 radical (unpaired) electrons. The van der Waals surface area contributed by atoms with Gasteiger partial charge in [0.1, 0.15) is 0 Å². The zero-order valence-electron chi connectivity index (χ0n) is 15.4. The summed E-state index contributed by atoms with van der Waals surface area (Å²) in [5, 5.41) is 0.0997. The van der Waals surface area contributed by atoms with E-state index in [0.717, 1.165) is 15.8 Å². The number of halogens is 1. The van der Waals surface area contributed by atoms with Gasteiger partial charge in [0.2, 0.25) is 0 Å². The van der Waals surface area contributed by atoms with E-state index in [1.54, 1.807) is 13.8 Å². The lowest BCUT2D eigenvalue weighted by Gasteiger charge is -2.07. The van der Waals surface area contributed by atoms with E-state index in [4.69, 9.17) is 11.6 Å². The summed E-state index contributed by atoms with van der Waals surface area (Å²) in [5.41, 5.74) is 2.32. The SMILES string of the molecule is Cc1ccc(Cl)c2sc(=NC(=O)c3ccc(S(=O)(=O)C(C)C)cc3)n(C)c12. The standard InChI is InChI=1S/C19H19ClN2O3S2/c1-11(2)27(24,25)14-8-6-13(7-9-14)18(23)21-19-22(4)16-12(3)5-10-15(20)17(16)26-19/h5-11H,1-4H3. The third kappa shape index (κ3) is 3.59. The maximum Gasteiger partial charge on any atom is 0.279 e. The fraction of sp³-hybridized carbons (Fsp3) is 0.263. The van der Waals surface area contributed by atoms with E-state index < -0.39 is 21.0 Å². The first-order chi connectivity index (χ1) is 12.6. The highest BCUT2D eigenvalue weighted by atomic mass is 35.5. The van der Waals surface area contributed by atoms with Crippen molar-refractivity contribution in [3.05, 3.63) is 57.3 Å². The first kappa shape index (κ1) is 19.8. The number of sulfone groups is 1. The predicted octanol–water partition coefficient (Wildman–Crippen LogP) is 4.12. The summed E-state index contributed by atoms with van der Waals surface area (Å²) in [6.45, 7) is 5.22. The molecular formula is C19H19ClN2O3S2. The van der Waals surface area contributed by atoms with Gasteiger partial charge in [0.25, 0.3) is 5.91 Å². The fourth-order valence-electron chi connectivity index (χ4n) is 2.72. The smallest absolute Gasteiger partial charge is 0.279 e. The number of aryl methyl sites for hydroxylation is 2. The van der Waals surface area contributed by atoms with Crippen LogP contribution >= 0.6 is 22.9 Å². The van der Waals surface area contributed by atoms with E-state index >= 15 is 0 Å². The second-order valence-electron chi connectivity index (χ2n) is 6.52. The van der Waals surface area contributed by atoms with Crippen LogP contribution in [0.25, 0.3) is 10.2 Å². The van der Waals surface area contributed by atoms with E-state index in [1.165, 1.54) is 35.6 Å². The number of carbonyl (C=O) groups excluding carboxylic acids is 1. The van der Waals surface area contributed by atoms with Gasteiger partial charge >= 0.3 is 0 Å². The Morgan fingerprint density at radius 2 is 1.78 bits per heavy atom. The van der Waals surface area contributed by atoms with Gasteiger partial charge in [-0.3, -0.25) is 4.79 Å². The zero-order chi connectivity index (χ0) is 19.9. The Morgan fingerprint density at radius 3 is 2.33 bits per heavy atom. The molecule has 3 aromatic rings. The Morgan fingerprint density at radius 1 is 1.15 bits per heavy atom. The van der Waals surface area contributed by atoms with Crippen molar-refractivity contribution >= 4 is 48.9 Å². The molecule has 8 heteroatoms. The molecule has 0 aliphatic rings. The van der Waals surface area contributed by atoms with Crippen molar-refractivity contribution < 1.29 is 13.2 Å². The lowest BCUT2D eigenvalue weighted by Crippen LogP contribution is -2.15. The summed E-state index contributed by atoms with van der Waals surface area (Å²) in [6.07, 6.45) is 0. The first-order valence-electron chi connectivity index (χ1n) is 8.30. The van der Waals surface area contributed by atoms with Crippen molar-refractivity contribution in [2.45, 2.75) is 30.9 Å². The molecule has 0 bridgehead atoms. The molecule has 0 N–H and O–H groups in total. The third-order valence-corrected chi connectivity index (χ3v) is 8.11. The van der Waals surface area contributed by atoms with E-state index in [9.17, 15) is 13.2 Å². The number of fused-ring (bicyclic) bond motifs is 1. The fourth-order valence-corrected chi connectivity index (χ4v) is 5.15. The number of hydrogen-bond acceptors (Lipinski definition) is 4. The van der Waals surface area contributed by atoms with Crippen LogP contribution in [0.1, 0.15) is 29.8 Å². The minimum absolute atomic E-state index is 0.198. The van der Waals surface area contributed by atoms with E-state index in [0.29, 0.717) is 15.4 Å². The second kappa shape index (κ2) is 7.22. The van der Waals surface area contributed by atoms with Crippen molar-refractivity contribution in [3.8, 4) is 0 Å². The van der Waals surface area contributed by atoms with Crippen LogP contribution in [0.4, 0.5) is 0 Å².